The molecule has 1 unspecified atom stereocenters. The summed E-state index contributed by atoms with van der Waals surface area (Å²) in [5.74, 6) is -0.840. The van der Waals surface area contributed by atoms with E-state index < -0.39 is 5.97 Å². The van der Waals surface area contributed by atoms with E-state index in [1.165, 1.54) is 13.2 Å². The highest BCUT2D eigenvalue weighted by atomic mass is 16.5. The summed E-state index contributed by atoms with van der Waals surface area (Å²) >= 11 is 0. The van der Waals surface area contributed by atoms with Gasteiger partial charge in [-0.15, -0.1) is 0 Å². The van der Waals surface area contributed by atoms with Gasteiger partial charge in [0.1, 0.15) is 5.75 Å². The van der Waals surface area contributed by atoms with Crippen molar-refractivity contribution in [2.75, 3.05) is 19.0 Å². The largest absolute Gasteiger partial charge is 0.497 e. The predicted octanol–water partition coefficient (Wildman–Crippen LogP) is 1.47. The zero-order chi connectivity index (χ0) is 14.5. The van der Waals surface area contributed by atoms with Crippen LogP contribution in [0, 0.1) is 0 Å². The summed E-state index contributed by atoms with van der Waals surface area (Å²) in [6, 6.07) is 4.74. The summed E-state index contributed by atoms with van der Waals surface area (Å²) in [6.07, 6.45) is 2.40. The molecule has 1 fully saturated rings. The van der Waals surface area contributed by atoms with Crippen LogP contribution >= 0.6 is 0 Å². The van der Waals surface area contributed by atoms with E-state index in [1.807, 2.05) is 0 Å². The van der Waals surface area contributed by atoms with Crippen LogP contribution in [-0.4, -0.2) is 36.7 Å². The van der Waals surface area contributed by atoms with Gasteiger partial charge < -0.3 is 20.5 Å². The molecule has 0 saturated carbocycles. The first-order valence-corrected chi connectivity index (χ1v) is 6.54. The fraction of sp³-hybridized carbons (Fsp3) is 0.429. The molecule has 1 aliphatic rings. The maximum atomic E-state index is 11.9. The first-order chi connectivity index (χ1) is 9.60. The summed E-state index contributed by atoms with van der Waals surface area (Å²) < 4.78 is 4.99. The number of amides is 1. The van der Waals surface area contributed by atoms with Crippen molar-refractivity contribution in [3.63, 3.8) is 0 Å². The molecule has 20 heavy (non-hydrogen) atoms. The van der Waals surface area contributed by atoms with Gasteiger partial charge in [0.15, 0.2) is 0 Å². The molecule has 1 aromatic rings. The summed E-state index contributed by atoms with van der Waals surface area (Å²) in [6.45, 7) is 0.931. The number of methoxy groups -OCH3 is 1. The number of carboxylic acids is 1. The van der Waals surface area contributed by atoms with Gasteiger partial charge in [0.25, 0.3) is 0 Å². The second kappa shape index (κ2) is 6.38. The molecule has 1 aromatic carbocycles. The molecule has 1 heterocycles. The first kappa shape index (κ1) is 14.3. The van der Waals surface area contributed by atoms with E-state index in [2.05, 4.69) is 10.6 Å². The van der Waals surface area contributed by atoms with Gasteiger partial charge >= 0.3 is 5.97 Å². The second-order valence-corrected chi connectivity index (χ2v) is 4.76. The number of carboxylic acid groups (broad SMARTS) is 1. The van der Waals surface area contributed by atoms with Gasteiger partial charge in [-0.05, 0) is 37.6 Å². The zero-order valence-corrected chi connectivity index (χ0v) is 11.3. The molecule has 1 saturated heterocycles. The summed E-state index contributed by atoms with van der Waals surface area (Å²) in [5, 5.41) is 15.1. The number of rotatable bonds is 5. The second-order valence-electron chi connectivity index (χ2n) is 4.76. The van der Waals surface area contributed by atoms with E-state index in [0.29, 0.717) is 17.9 Å². The van der Waals surface area contributed by atoms with Crippen LogP contribution in [-0.2, 0) is 4.79 Å². The quantitative estimate of drug-likeness (QED) is 0.759. The third kappa shape index (κ3) is 3.48. The summed E-state index contributed by atoms with van der Waals surface area (Å²) in [4.78, 5) is 23.1. The van der Waals surface area contributed by atoms with E-state index in [1.54, 1.807) is 12.1 Å². The number of ether oxygens (including phenoxy) is 1. The van der Waals surface area contributed by atoms with Gasteiger partial charge in [-0.3, -0.25) is 4.79 Å². The Hall–Kier alpha value is -2.08. The van der Waals surface area contributed by atoms with Gasteiger partial charge in [0, 0.05) is 12.5 Å². The topological polar surface area (TPSA) is 87.7 Å². The van der Waals surface area contributed by atoms with Crippen LogP contribution in [0.25, 0.3) is 0 Å². The molecule has 0 bridgehead atoms. The third-order valence-electron chi connectivity index (χ3n) is 3.33. The number of aromatic carboxylic acids is 1. The van der Waals surface area contributed by atoms with Gasteiger partial charge in [0.2, 0.25) is 5.91 Å². The Morgan fingerprint density at radius 1 is 1.50 bits per heavy atom. The predicted molar refractivity (Wildman–Crippen MR) is 74.2 cm³/mol. The Labute approximate surface area is 117 Å². The van der Waals surface area contributed by atoms with Gasteiger partial charge in [0.05, 0.1) is 18.4 Å². The smallest absolute Gasteiger partial charge is 0.337 e. The van der Waals surface area contributed by atoms with Crippen molar-refractivity contribution in [3.05, 3.63) is 23.8 Å². The van der Waals surface area contributed by atoms with E-state index in [9.17, 15) is 9.59 Å². The maximum absolute atomic E-state index is 11.9. The maximum Gasteiger partial charge on any atom is 0.337 e. The Kier molecular flexibility index (Phi) is 4.57. The minimum Gasteiger partial charge on any atom is -0.497 e. The number of carbonyl (C=O) groups is 2. The van der Waals surface area contributed by atoms with E-state index in [-0.39, 0.29) is 17.5 Å². The molecule has 1 aliphatic heterocycles. The molecular formula is C14H18N2O4. The Morgan fingerprint density at radius 3 is 2.90 bits per heavy atom. The van der Waals surface area contributed by atoms with Crippen molar-refractivity contribution in [3.8, 4) is 5.75 Å². The Morgan fingerprint density at radius 2 is 2.30 bits per heavy atom. The Bertz CT molecular complexity index is 510. The number of nitrogens with one attached hydrogen (secondary N) is 2. The van der Waals surface area contributed by atoms with Crippen molar-refractivity contribution in [1.82, 2.24) is 5.32 Å². The summed E-state index contributed by atoms with van der Waals surface area (Å²) in [5.41, 5.74) is 0.318. The van der Waals surface area contributed by atoms with Crippen LogP contribution < -0.4 is 15.4 Å². The lowest BCUT2D eigenvalue weighted by molar-refractivity contribution is -0.116. The van der Waals surface area contributed by atoms with E-state index >= 15 is 0 Å². The number of hydrogen-bond acceptors (Lipinski definition) is 4. The van der Waals surface area contributed by atoms with Crippen molar-refractivity contribution >= 4 is 17.6 Å². The van der Waals surface area contributed by atoms with Crippen molar-refractivity contribution in [2.45, 2.75) is 25.3 Å². The minimum atomic E-state index is -1.10. The first-order valence-electron chi connectivity index (χ1n) is 6.54. The van der Waals surface area contributed by atoms with E-state index in [0.717, 1.165) is 19.4 Å². The molecule has 1 atom stereocenters. The van der Waals surface area contributed by atoms with E-state index in [4.69, 9.17) is 9.84 Å². The molecule has 0 aromatic heterocycles. The fourth-order valence-electron chi connectivity index (χ4n) is 2.29. The molecule has 6 heteroatoms. The van der Waals surface area contributed by atoms with Crippen molar-refractivity contribution in [1.29, 1.82) is 0 Å². The lowest BCUT2D eigenvalue weighted by Gasteiger charge is -2.12. The number of benzene rings is 1. The molecule has 6 nitrogen and oxygen atoms in total. The van der Waals surface area contributed by atoms with Crippen LogP contribution in [0.2, 0.25) is 0 Å². The molecule has 0 spiro atoms. The zero-order valence-electron chi connectivity index (χ0n) is 11.3. The van der Waals surface area contributed by atoms with Crippen molar-refractivity contribution < 1.29 is 19.4 Å². The fourth-order valence-corrected chi connectivity index (χ4v) is 2.29. The molecule has 3 N–H and O–H groups in total. The summed E-state index contributed by atoms with van der Waals surface area (Å²) in [7, 11) is 1.46. The van der Waals surface area contributed by atoms with Crippen LogP contribution in [0.4, 0.5) is 5.69 Å². The normalized spacial score (nSPS) is 17.8. The van der Waals surface area contributed by atoms with Crippen LogP contribution in [0.1, 0.15) is 29.6 Å². The molecule has 2 rings (SSSR count). The average molecular weight is 278 g/mol. The Balaban J connectivity index is 2.07. The molecule has 0 radical (unpaired) electrons. The molecule has 1 amide bonds. The lowest BCUT2D eigenvalue weighted by Crippen LogP contribution is -2.27. The molecular weight excluding hydrogens is 260 g/mol. The van der Waals surface area contributed by atoms with Crippen LogP contribution in [0.15, 0.2) is 18.2 Å². The average Bonchev–Trinajstić information content (AvgIpc) is 2.91. The minimum absolute atomic E-state index is 0.0251. The third-order valence-corrected chi connectivity index (χ3v) is 3.33. The molecule has 0 aliphatic carbocycles. The number of anilines is 1. The van der Waals surface area contributed by atoms with Crippen molar-refractivity contribution in [2.24, 2.45) is 0 Å². The highest BCUT2D eigenvalue weighted by Crippen LogP contribution is 2.22. The lowest BCUT2D eigenvalue weighted by atomic mass is 10.1. The highest BCUT2D eigenvalue weighted by molar-refractivity contribution is 6.01. The molecule has 108 valence electrons. The highest BCUT2D eigenvalue weighted by Gasteiger charge is 2.19. The van der Waals surface area contributed by atoms with Gasteiger partial charge in [-0.25, -0.2) is 4.79 Å². The monoisotopic (exact) mass is 278 g/mol. The van der Waals surface area contributed by atoms with Crippen LogP contribution in [0.3, 0.4) is 0 Å². The van der Waals surface area contributed by atoms with Gasteiger partial charge in [-0.2, -0.15) is 0 Å². The van der Waals surface area contributed by atoms with Gasteiger partial charge in [-0.1, -0.05) is 0 Å². The number of carbonyl (C=O) groups excluding carboxylic acids is 1. The SMILES string of the molecule is COc1ccc(NC(=O)CC2CCCN2)c(C(=O)O)c1. The standard InChI is InChI=1S/C14H18N2O4/c1-20-10-4-5-12(11(8-10)14(18)19)16-13(17)7-9-3-2-6-15-9/h4-5,8-9,15H,2-3,6-7H2,1H3,(H,16,17)(H,18,19). The number of hydrogen-bond donors (Lipinski definition) is 3. The van der Waals surface area contributed by atoms with Crippen LogP contribution in [0.5, 0.6) is 5.75 Å².